The fourth-order valence-corrected chi connectivity index (χ4v) is 4.39. The van der Waals surface area contributed by atoms with Crippen LogP contribution < -0.4 is 9.47 Å². The molecule has 1 fully saturated rings. The van der Waals surface area contributed by atoms with Gasteiger partial charge in [0.1, 0.15) is 11.5 Å². The van der Waals surface area contributed by atoms with Crippen LogP contribution in [-0.2, 0) is 4.84 Å². The van der Waals surface area contributed by atoms with Crippen molar-refractivity contribution in [2.75, 3.05) is 14.2 Å². The Morgan fingerprint density at radius 3 is 1.47 bits per heavy atom. The first-order valence-corrected chi connectivity index (χ1v) is 10.9. The second kappa shape index (κ2) is 9.43. The smallest absolute Gasteiger partial charge is 0.204 e. The van der Waals surface area contributed by atoms with Gasteiger partial charge in [-0.2, -0.15) is 5.06 Å². The first-order valence-electron chi connectivity index (χ1n) is 10.9. The molecule has 32 heavy (non-hydrogen) atoms. The lowest BCUT2D eigenvalue weighted by Gasteiger charge is -2.52. The van der Waals surface area contributed by atoms with E-state index in [-0.39, 0.29) is 22.6 Å². The minimum Gasteiger partial charge on any atom is -0.497 e. The van der Waals surface area contributed by atoms with E-state index >= 15 is 0 Å². The summed E-state index contributed by atoms with van der Waals surface area (Å²) in [7, 11) is 3.13. The number of hydroxylamine groups is 2. The largest absolute Gasteiger partial charge is 0.497 e. The van der Waals surface area contributed by atoms with Gasteiger partial charge in [-0.1, -0.05) is 0 Å². The molecule has 1 saturated heterocycles. The molecule has 0 unspecified atom stereocenters. The molecule has 2 aromatic rings. The highest BCUT2D eigenvalue weighted by Gasteiger charge is 2.46. The molecule has 6 heteroatoms. The van der Waals surface area contributed by atoms with Gasteiger partial charge in [-0.3, -0.25) is 14.4 Å². The Morgan fingerprint density at radius 2 is 1.12 bits per heavy atom. The monoisotopic (exact) mass is 439 g/mol. The number of benzene rings is 2. The number of ketones is 2. The van der Waals surface area contributed by atoms with Gasteiger partial charge in [-0.15, -0.1) is 0 Å². The lowest BCUT2D eigenvalue weighted by molar-refractivity contribution is -0.285. The summed E-state index contributed by atoms with van der Waals surface area (Å²) in [6.45, 7) is 8.34. The van der Waals surface area contributed by atoms with Crippen molar-refractivity contribution >= 4 is 11.6 Å². The zero-order chi connectivity index (χ0) is 23.5. The second-order valence-electron chi connectivity index (χ2n) is 9.44. The number of ether oxygens (including phenoxy) is 2. The van der Waals surface area contributed by atoms with E-state index in [9.17, 15) is 9.59 Å². The van der Waals surface area contributed by atoms with Gasteiger partial charge in [0.2, 0.25) is 17.7 Å². The molecule has 0 bridgehead atoms. The molecule has 2 aromatic carbocycles. The van der Waals surface area contributed by atoms with Crippen LogP contribution in [0.25, 0.3) is 0 Å². The van der Waals surface area contributed by atoms with Crippen molar-refractivity contribution in [2.45, 2.75) is 64.1 Å². The van der Waals surface area contributed by atoms with E-state index in [1.54, 1.807) is 62.8 Å². The van der Waals surface area contributed by atoms with Crippen molar-refractivity contribution in [3.05, 3.63) is 59.7 Å². The minimum atomic E-state index is -1.30. The molecule has 0 amide bonds. The summed E-state index contributed by atoms with van der Waals surface area (Å²) < 4.78 is 10.4. The Bertz CT molecular complexity index is 872. The predicted molar refractivity (Wildman–Crippen MR) is 123 cm³/mol. The Morgan fingerprint density at radius 1 is 0.750 bits per heavy atom. The van der Waals surface area contributed by atoms with E-state index in [1.165, 1.54) is 0 Å². The average molecular weight is 440 g/mol. The Balaban J connectivity index is 1.99. The summed E-state index contributed by atoms with van der Waals surface area (Å²) in [6.07, 6.45) is 1.59. The van der Waals surface area contributed by atoms with E-state index in [1.807, 2.05) is 5.06 Å². The molecule has 1 aliphatic heterocycles. The van der Waals surface area contributed by atoms with Crippen molar-refractivity contribution in [3.63, 3.8) is 0 Å². The highest BCUT2D eigenvalue weighted by Crippen LogP contribution is 2.39. The maximum atomic E-state index is 13.5. The Labute approximate surface area is 190 Å². The van der Waals surface area contributed by atoms with E-state index < -0.39 is 6.10 Å². The van der Waals surface area contributed by atoms with E-state index in [4.69, 9.17) is 14.3 Å². The highest BCUT2D eigenvalue weighted by atomic mass is 16.7. The maximum absolute atomic E-state index is 13.5. The lowest BCUT2D eigenvalue weighted by Crippen LogP contribution is -2.60. The van der Waals surface area contributed by atoms with Crippen molar-refractivity contribution in [1.82, 2.24) is 5.06 Å². The van der Waals surface area contributed by atoms with Crippen LogP contribution in [0.1, 0.15) is 67.7 Å². The number of carbonyl (C=O) groups is 2. The van der Waals surface area contributed by atoms with Gasteiger partial charge in [0.25, 0.3) is 0 Å². The Hall–Kier alpha value is -2.70. The third-order valence-electron chi connectivity index (χ3n) is 6.11. The van der Waals surface area contributed by atoms with Gasteiger partial charge in [-0.05, 0) is 95.5 Å². The molecule has 0 atom stereocenters. The lowest BCUT2D eigenvalue weighted by atomic mass is 9.82. The number of hydrogen-bond acceptors (Lipinski definition) is 6. The van der Waals surface area contributed by atoms with Gasteiger partial charge < -0.3 is 9.47 Å². The highest BCUT2D eigenvalue weighted by molar-refractivity contribution is 6.18. The second-order valence-corrected chi connectivity index (χ2v) is 9.44. The van der Waals surface area contributed by atoms with Crippen LogP contribution in [0.3, 0.4) is 0 Å². The molecule has 3 rings (SSSR count). The molecular weight excluding hydrogens is 406 g/mol. The standard InChI is InChI=1S/C26H33NO5/c1-25(2)16-7-17-26(3,4)27(25)32-24(22(28)18-8-12-20(30-5)13-9-18)23(29)19-10-14-21(31-6)15-11-19/h8-15,24H,7,16-17H2,1-6H3. The number of Topliss-reactive ketones (excluding diaryl/α,β-unsaturated/α-hetero) is 2. The van der Waals surface area contributed by atoms with Crippen LogP contribution in [0, 0.1) is 0 Å². The van der Waals surface area contributed by atoms with Crippen LogP contribution in [0.4, 0.5) is 0 Å². The fraction of sp³-hybridized carbons (Fsp3) is 0.462. The maximum Gasteiger partial charge on any atom is 0.204 e. The SMILES string of the molecule is COc1ccc(C(=O)C(ON2C(C)(C)CCCC2(C)C)C(=O)c2ccc(OC)cc2)cc1. The van der Waals surface area contributed by atoms with Crippen LogP contribution in [-0.4, -0.2) is 48.0 Å². The van der Waals surface area contributed by atoms with Crippen LogP contribution in [0.2, 0.25) is 0 Å². The molecule has 0 N–H and O–H groups in total. The summed E-state index contributed by atoms with van der Waals surface area (Å²) in [5, 5.41) is 1.86. The van der Waals surface area contributed by atoms with Gasteiger partial charge in [0.05, 0.1) is 14.2 Å². The fourth-order valence-electron chi connectivity index (χ4n) is 4.39. The van der Waals surface area contributed by atoms with E-state index in [0.717, 1.165) is 19.3 Å². The molecule has 1 heterocycles. The van der Waals surface area contributed by atoms with Gasteiger partial charge >= 0.3 is 0 Å². The first kappa shape index (κ1) is 24.0. The summed E-state index contributed by atoms with van der Waals surface area (Å²) in [4.78, 5) is 33.4. The first-order chi connectivity index (χ1) is 15.1. The Kier molecular flexibility index (Phi) is 7.06. The molecule has 0 saturated carbocycles. The third-order valence-corrected chi connectivity index (χ3v) is 6.11. The van der Waals surface area contributed by atoms with Crippen LogP contribution >= 0.6 is 0 Å². The van der Waals surface area contributed by atoms with Crippen molar-refractivity contribution < 1.29 is 23.9 Å². The predicted octanol–water partition coefficient (Wildman–Crippen LogP) is 5.11. The molecular formula is C26H33NO5. The zero-order valence-electron chi connectivity index (χ0n) is 19.8. The van der Waals surface area contributed by atoms with Crippen molar-refractivity contribution in [1.29, 1.82) is 0 Å². The van der Waals surface area contributed by atoms with Gasteiger partial charge in [-0.25, -0.2) is 0 Å². The number of rotatable bonds is 8. The average Bonchev–Trinajstić information content (AvgIpc) is 2.77. The van der Waals surface area contributed by atoms with Crippen molar-refractivity contribution in [3.8, 4) is 11.5 Å². The van der Waals surface area contributed by atoms with Crippen LogP contribution in [0.15, 0.2) is 48.5 Å². The van der Waals surface area contributed by atoms with Gasteiger partial charge in [0, 0.05) is 22.2 Å². The zero-order valence-corrected chi connectivity index (χ0v) is 19.8. The number of carbonyl (C=O) groups excluding carboxylic acids is 2. The van der Waals surface area contributed by atoms with Gasteiger partial charge in [0.15, 0.2) is 0 Å². The third kappa shape index (κ3) is 5.03. The molecule has 172 valence electrons. The van der Waals surface area contributed by atoms with E-state index in [2.05, 4.69) is 27.7 Å². The van der Waals surface area contributed by atoms with Crippen LogP contribution in [0.5, 0.6) is 11.5 Å². The molecule has 6 nitrogen and oxygen atoms in total. The quantitative estimate of drug-likeness (QED) is 0.421. The summed E-state index contributed by atoms with van der Waals surface area (Å²) in [6, 6.07) is 13.5. The molecule has 0 aliphatic carbocycles. The summed E-state index contributed by atoms with van der Waals surface area (Å²) in [5.74, 6) is 0.508. The number of methoxy groups -OCH3 is 2. The van der Waals surface area contributed by atoms with Crippen molar-refractivity contribution in [2.24, 2.45) is 0 Å². The number of nitrogens with zero attached hydrogens (tertiary/aromatic N) is 1. The summed E-state index contributed by atoms with van der Waals surface area (Å²) in [5.41, 5.74) is 0.149. The topological polar surface area (TPSA) is 65.1 Å². The molecule has 1 aliphatic rings. The molecule has 0 radical (unpaired) electrons. The minimum absolute atomic E-state index is 0.319. The number of hydrogen-bond donors (Lipinski definition) is 0. The molecule has 0 spiro atoms. The summed E-state index contributed by atoms with van der Waals surface area (Å²) >= 11 is 0. The normalized spacial score (nSPS) is 17.7. The number of piperidine rings is 1. The van der Waals surface area contributed by atoms with E-state index in [0.29, 0.717) is 22.6 Å². The molecule has 0 aromatic heterocycles.